The largest absolute Gasteiger partial charge is 0.375 e. The Hall–Kier alpha value is -0.910. The third-order valence-corrected chi connectivity index (χ3v) is 5.77. The number of ether oxygens (including phenoxy) is 1. The van der Waals surface area contributed by atoms with Gasteiger partial charge in [0, 0.05) is 13.1 Å². The normalized spacial score (nSPS) is 20.5. The zero-order valence-corrected chi connectivity index (χ0v) is 13.5. The van der Waals surface area contributed by atoms with Crippen LogP contribution in [0.2, 0.25) is 0 Å². The van der Waals surface area contributed by atoms with Crippen LogP contribution in [-0.4, -0.2) is 44.3 Å². The first kappa shape index (κ1) is 16.5. The standard InChI is InChI=1S/C16H25NO3S/c1-2-3-13-21(18,19)17-11-12-20-16(14-17)10-9-15-7-5-4-6-8-15/h4-8,16H,2-3,9-14H2,1H3. The summed E-state index contributed by atoms with van der Waals surface area (Å²) >= 11 is 0. The van der Waals surface area contributed by atoms with E-state index in [1.807, 2.05) is 25.1 Å². The summed E-state index contributed by atoms with van der Waals surface area (Å²) in [5.74, 6) is 0.259. The molecule has 21 heavy (non-hydrogen) atoms. The lowest BCUT2D eigenvalue weighted by Crippen LogP contribution is -2.46. The second kappa shape index (κ2) is 7.92. The van der Waals surface area contributed by atoms with Gasteiger partial charge in [-0.3, -0.25) is 0 Å². The van der Waals surface area contributed by atoms with Gasteiger partial charge in [-0.05, 0) is 24.8 Å². The van der Waals surface area contributed by atoms with Crippen molar-refractivity contribution < 1.29 is 13.2 Å². The number of benzene rings is 1. The van der Waals surface area contributed by atoms with Crippen molar-refractivity contribution in [2.75, 3.05) is 25.4 Å². The highest BCUT2D eigenvalue weighted by atomic mass is 32.2. The molecule has 0 saturated carbocycles. The number of sulfonamides is 1. The van der Waals surface area contributed by atoms with Crippen LogP contribution in [0.3, 0.4) is 0 Å². The van der Waals surface area contributed by atoms with Gasteiger partial charge >= 0.3 is 0 Å². The molecule has 1 aliphatic rings. The molecule has 1 aromatic rings. The minimum absolute atomic E-state index is 0.00959. The van der Waals surface area contributed by atoms with Crippen molar-refractivity contribution in [3.05, 3.63) is 35.9 Å². The number of aryl methyl sites for hydroxylation is 1. The van der Waals surface area contributed by atoms with Crippen LogP contribution in [0.5, 0.6) is 0 Å². The van der Waals surface area contributed by atoms with E-state index in [0.29, 0.717) is 19.7 Å². The Morgan fingerprint density at radius 2 is 2.05 bits per heavy atom. The second-order valence-corrected chi connectivity index (χ2v) is 7.63. The van der Waals surface area contributed by atoms with Gasteiger partial charge in [0.15, 0.2) is 0 Å². The van der Waals surface area contributed by atoms with Crippen molar-refractivity contribution in [3.63, 3.8) is 0 Å². The summed E-state index contributed by atoms with van der Waals surface area (Å²) in [7, 11) is -3.11. The number of hydrogen-bond acceptors (Lipinski definition) is 3. The average Bonchev–Trinajstić information content (AvgIpc) is 2.52. The minimum atomic E-state index is -3.11. The summed E-state index contributed by atoms with van der Waals surface area (Å²) in [6, 6.07) is 10.2. The fourth-order valence-corrected chi connectivity index (χ4v) is 4.21. The molecule has 2 rings (SSSR count). The molecule has 0 spiro atoms. The molecule has 1 fully saturated rings. The van der Waals surface area contributed by atoms with Crippen molar-refractivity contribution in [2.24, 2.45) is 0 Å². The van der Waals surface area contributed by atoms with Crippen LogP contribution in [0.15, 0.2) is 30.3 Å². The van der Waals surface area contributed by atoms with Crippen LogP contribution in [0.25, 0.3) is 0 Å². The first-order chi connectivity index (χ1) is 10.1. The van der Waals surface area contributed by atoms with Gasteiger partial charge in [-0.1, -0.05) is 43.7 Å². The Kier molecular flexibility index (Phi) is 6.21. The Balaban J connectivity index is 1.86. The van der Waals surface area contributed by atoms with Crippen LogP contribution < -0.4 is 0 Å². The summed E-state index contributed by atoms with van der Waals surface area (Å²) in [5.41, 5.74) is 1.27. The van der Waals surface area contributed by atoms with E-state index in [1.54, 1.807) is 4.31 Å². The molecule has 1 aromatic carbocycles. The molecule has 1 atom stereocenters. The maximum Gasteiger partial charge on any atom is 0.214 e. The molecule has 0 N–H and O–H groups in total. The Bertz CT molecular complexity index is 516. The quantitative estimate of drug-likeness (QED) is 0.777. The van der Waals surface area contributed by atoms with Gasteiger partial charge in [0.05, 0.1) is 18.5 Å². The molecule has 1 heterocycles. The molecule has 118 valence electrons. The summed E-state index contributed by atoms with van der Waals surface area (Å²) < 4.78 is 31.8. The van der Waals surface area contributed by atoms with Crippen LogP contribution in [-0.2, 0) is 21.2 Å². The number of nitrogens with zero attached hydrogens (tertiary/aromatic N) is 1. The van der Waals surface area contributed by atoms with Crippen molar-refractivity contribution in [2.45, 2.75) is 38.7 Å². The Labute approximate surface area is 128 Å². The molecule has 4 nitrogen and oxygen atoms in total. The van der Waals surface area contributed by atoms with E-state index in [-0.39, 0.29) is 11.9 Å². The van der Waals surface area contributed by atoms with Crippen LogP contribution in [0.1, 0.15) is 31.7 Å². The van der Waals surface area contributed by atoms with E-state index in [9.17, 15) is 8.42 Å². The smallest absolute Gasteiger partial charge is 0.214 e. The number of morpholine rings is 1. The maximum absolute atomic E-state index is 12.2. The lowest BCUT2D eigenvalue weighted by Gasteiger charge is -2.32. The van der Waals surface area contributed by atoms with Crippen molar-refractivity contribution in [3.8, 4) is 0 Å². The molecule has 0 aliphatic carbocycles. The van der Waals surface area contributed by atoms with E-state index >= 15 is 0 Å². The number of unbranched alkanes of at least 4 members (excludes halogenated alkanes) is 1. The van der Waals surface area contributed by atoms with Crippen molar-refractivity contribution in [1.29, 1.82) is 0 Å². The van der Waals surface area contributed by atoms with Gasteiger partial charge < -0.3 is 4.74 Å². The SMILES string of the molecule is CCCCS(=O)(=O)N1CCOC(CCc2ccccc2)C1. The predicted octanol–water partition coefficient (Wildman–Crippen LogP) is 2.45. The third kappa shape index (κ3) is 5.09. The highest BCUT2D eigenvalue weighted by Crippen LogP contribution is 2.16. The topological polar surface area (TPSA) is 46.6 Å². The fraction of sp³-hybridized carbons (Fsp3) is 0.625. The summed E-state index contributed by atoms with van der Waals surface area (Å²) in [6.07, 6.45) is 3.43. The van der Waals surface area contributed by atoms with Gasteiger partial charge in [0.25, 0.3) is 0 Å². The van der Waals surface area contributed by atoms with E-state index in [4.69, 9.17) is 4.74 Å². The van der Waals surface area contributed by atoms with Crippen LogP contribution in [0.4, 0.5) is 0 Å². The van der Waals surface area contributed by atoms with Gasteiger partial charge in [-0.15, -0.1) is 0 Å². The van der Waals surface area contributed by atoms with Crippen molar-refractivity contribution >= 4 is 10.0 Å². The Morgan fingerprint density at radius 3 is 2.76 bits per heavy atom. The molecular weight excluding hydrogens is 286 g/mol. The highest BCUT2D eigenvalue weighted by Gasteiger charge is 2.28. The zero-order valence-electron chi connectivity index (χ0n) is 12.7. The Morgan fingerprint density at radius 1 is 1.29 bits per heavy atom. The summed E-state index contributed by atoms with van der Waals surface area (Å²) in [4.78, 5) is 0. The van der Waals surface area contributed by atoms with E-state index < -0.39 is 10.0 Å². The lowest BCUT2D eigenvalue weighted by atomic mass is 10.1. The molecular formula is C16H25NO3S. The first-order valence-corrected chi connectivity index (χ1v) is 9.36. The van der Waals surface area contributed by atoms with Gasteiger partial charge in [0.2, 0.25) is 10.0 Å². The average molecular weight is 311 g/mol. The molecule has 0 amide bonds. The van der Waals surface area contributed by atoms with Gasteiger partial charge in [0.1, 0.15) is 0 Å². The van der Waals surface area contributed by atoms with E-state index in [2.05, 4.69) is 12.1 Å². The van der Waals surface area contributed by atoms with E-state index in [1.165, 1.54) is 5.56 Å². The number of hydrogen-bond donors (Lipinski definition) is 0. The van der Waals surface area contributed by atoms with Crippen molar-refractivity contribution in [1.82, 2.24) is 4.31 Å². The van der Waals surface area contributed by atoms with Crippen LogP contribution in [0, 0.1) is 0 Å². The third-order valence-electron chi connectivity index (χ3n) is 3.85. The molecule has 0 bridgehead atoms. The highest BCUT2D eigenvalue weighted by molar-refractivity contribution is 7.89. The molecule has 0 radical (unpaired) electrons. The lowest BCUT2D eigenvalue weighted by molar-refractivity contribution is -0.00525. The van der Waals surface area contributed by atoms with Crippen LogP contribution >= 0.6 is 0 Å². The molecule has 1 saturated heterocycles. The number of rotatable bonds is 7. The minimum Gasteiger partial charge on any atom is -0.375 e. The summed E-state index contributed by atoms with van der Waals surface area (Å²) in [6.45, 7) is 3.51. The summed E-state index contributed by atoms with van der Waals surface area (Å²) in [5, 5.41) is 0. The maximum atomic E-state index is 12.2. The predicted molar refractivity (Wildman–Crippen MR) is 84.8 cm³/mol. The second-order valence-electron chi connectivity index (χ2n) is 5.54. The fourth-order valence-electron chi connectivity index (χ4n) is 2.55. The molecule has 1 unspecified atom stereocenters. The zero-order chi connectivity index (χ0) is 15.1. The van der Waals surface area contributed by atoms with E-state index in [0.717, 1.165) is 25.7 Å². The molecule has 5 heteroatoms. The van der Waals surface area contributed by atoms with Gasteiger partial charge in [-0.2, -0.15) is 4.31 Å². The van der Waals surface area contributed by atoms with Gasteiger partial charge in [-0.25, -0.2) is 8.42 Å². The molecule has 1 aliphatic heterocycles. The molecule has 0 aromatic heterocycles. The first-order valence-electron chi connectivity index (χ1n) is 7.75. The monoisotopic (exact) mass is 311 g/mol.